The van der Waals surface area contributed by atoms with Crippen LogP contribution in [0, 0.1) is 10.1 Å². The number of halogens is 1. The number of hydrogen-bond acceptors (Lipinski definition) is 8. The molecule has 0 aliphatic carbocycles. The molecule has 0 unspecified atom stereocenters. The molecule has 0 atom stereocenters. The summed E-state index contributed by atoms with van der Waals surface area (Å²) in [5.74, 6) is 1.54. The molecule has 0 saturated heterocycles. The molecule has 0 fully saturated rings. The molecular weight excluding hydrogens is 454 g/mol. The van der Waals surface area contributed by atoms with Gasteiger partial charge >= 0.3 is 5.69 Å². The van der Waals surface area contributed by atoms with Gasteiger partial charge in [-0.15, -0.1) is 0 Å². The van der Waals surface area contributed by atoms with Crippen LogP contribution < -0.4 is 20.1 Å². The van der Waals surface area contributed by atoms with Crippen molar-refractivity contribution in [1.82, 2.24) is 9.97 Å². The predicted octanol–water partition coefficient (Wildman–Crippen LogP) is 4.56. The molecule has 1 aromatic heterocycles. The second-order valence-corrected chi connectivity index (χ2v) is 7.09. The predicted molar refractivity (Wildman–Crippen MR) is 118 cm³/mol. The van der Waals surface area contributed by atoms with Crippen LogP contribution in [0.1, 0.15) is 5.56 Å². The smallest absolute Gasteiger partial charge is 0.353 e. The van der Waals surface area contributed by atoms with Gasteiger partial charge in [0.1, 0.15) is 6.33 Å². The molecule has 1 heterocycles. The Morgan fingerprint density at radius 3 is 2.40 bits per heavy atom. The van der Waals surface area contributed by atoms with Gasteiger partial charge in [0.25, 0.3) is 0 Å². The van der Waals surface area contributed by atoms with Crippen LogP contribution in [0.5, 0.6) is 11.5 Å². The second kappa shape index (κ2) is 9.88. The van der Waals surface area contributed by atoms with Gasteiger partial charge in [0, 0.05) is 16.7 Å². The summed E-state index contributed by atoms with van der Waals surface area (Å²) >= 11 is 3.36. The molecule has 10 heteroatoms. The van der Waals surface area contributed by atoms with Crippen LogP contribution in [0.4, 0.5) is 23.0 Å². The maximum Gasteiger partial charge on any atom is 0.353 e. The number of aromatic nitrogens is 2. The minimum absolute atomic E-state index is 0.117. The average molecular weight is 474 g/mol. The molecule has 9 nitrogen and oxygen atoms in total. The van der Waals surface area contributed by atoms with Crippen LogP contribution in [0.15, 0.2) is 53.3 Å². The number of nitro groups is 1. The lowest BCUT2D eigenvalue weighted by Gasteiger charge is -2.11. The maximum absolute atomic E-state index is 11.7. The van der Waals surface area contributed by atoms with E-state index in [2.05, 4.69) is 36.5 Å². The first-order valence-corrected chi connectivity index (χ1v) is 9.78. The van der Waals surface area contributed by atoms with Gasteiger partial charge in [-0.25, -0.2) is 9.97 Å². The van der Waals surface area contributed by atoms with E-state index in [1.807, 2.05) is 30.3 Å². The quantitative estimate of drug-likeness (QED) is 0.343. The fraction of sp³-hybridized carbons (Fsp3) is 0.200. The summed E-state index contributed by atoms with van der Waals surface area (Å²) in [6, 6.07) is 12.9. The molecule has 0 saturated carbocycles. The van der Waals surface area contributed by atoms with Gasteiger partial charge < -0.3 is 20.1 Å². The third-order valence-electron chi connectivity index (χ3n) is 4.27. The Morgan fingerprint density at radius 2 is 1.73 bits per heavy atom. The molecule has 0 radical (unpaired) electrons. The summed E-state index contributed by atoms with van der Waals surface area (Å²) in [4.78, 5) is 19.3. The third-order valence-corrected chi connectivity index (χ3v) is 4.79. The van der Waals surface area contributed by atoms with E-state index in [4.69, 9.17) is 9.47 Å². The Bertz CT molecular complexity index is 1030. The van der Waals surface area contributed by atoms with Crippen LogP contribution in [0.3, 0.4) is 0 Å². The molecule has 2 N–H and O–H groups in total. The molecule has 30 heavy (non-hydrogen) atoms. The van der Waals surface area contributed by atoms with E-state index in [0.29, 0.717) is 30.2 Å². The molecule has 0 aliphatic rings. The van der Waals surface area contributed by atoms with E-state index in [9.17, 15) is 10.1 Å². The van der Waals surface area contributed by atoms with E-state index in [1.54, 1.807) is 26.4 Å². The van der Waals surface area contributed by atoms with Crippen molar-refractivity contribution in [3.63, 3.8) is 0 Å². The minimum Gasteiger partial charge on any atom is -0.493 e. The number of benzene rings is 2. The van der Waals surface area contributed by atoms with Crippen LogP contribution in [-0.2, 0) is 6.42 Å². The van der Waals surface area contributed by atoms with Gasteiger partial charge in [-0.05, 0) is 48.4 Å². The molecule has 0 bridgehead atoms. The SMILES string of the molecule is COc1ccc(CCNc2ncnc(Nc3ccc(Br)cc3)c2[N+](=O)[O-])cc1OC. The van der Waals surface area contributed by atoms with Gasteiger partial charge in [-0.3, -0.25) is 10.1 Å². The third kappa shape index (κ3) is 5.15. The molecule has 0 spiro atoms. The number of nitrogens with one attached hydrogen (secondary N) is 2. The van der Waals surface area contributed by atoms with E-state index in [-0.39, 0.29) is 17.3 Å². The molecular formula is C20H20BrN5O4. The zero-order valence-corrected chi connectivity index (χ0v) is 18.0. The Kier molecular flexibility index (Phi) is 7.02. The Morgan fingerprint density at radius 1 is 1.03 bits per heavy atom. The van der Waals surface area contributed by atoms with Gasteiger partial charge in [0.2, 0.25) is 11.6 Å². The van der Waals surface area contributed by atoms with Gasteiger partial charge in [-0.1, -0.05) is 22.0 Å². The first-order chi connectivity index (χ1) is 14.5. The average Bonchev–Trinajstić information content (AvgIpc) is 2.75. The van der Waals surface area contributed by atoms with E-state index < -0.39 is 4.92 Å². The van der Waals surface area contributed by atoms with Gasteiger partial charge in [-0.2, -0.15) is 0 Å². The molecule has 3 rings (SSSR count). The number of anilines is 3. The van der Waals surface area contributed by atoms with E-state index in [1.165, 1.54) is 6.33 Å². The van der Waals surface area contributed by atoms with E-state index >= 15 is 0 Å². The molecule has 0 aliphatic heterocycles. The maximum atomic E-state index is 11.7. The highest BCUT2D eigenvalue weighted by atomic mass is 79.9. The highest BCUT2D eigenvalue weighted by Crippen LogP contribution is 2.32. The Labute approximate surface area is 181 Å². The normalized spacial score (nSPS) is 10.4. The lowest BCUT2D eigenvalue weighted by atomic mass is 10.1. The monoisotopic (exact) mass is 473 g/mol. The zero-order valence-electron chi connectivity index (χ0n) is 16.4. The summed E-state index contributed by atoms with van der Waals surface area (Å²) in [6.45, 7) is 0.436. The van der Waals surface area contributed by atoms with Crippen LogP contribution in [0.25, 0.3) is 0 Å². The fourth-order valence-corrected chi connectivity index (χ4v) is 3.07. The highest BCUT2D eigenvalue weighted by molar-refractivity contribution is 9.10. The topological polar surface area (TPSA) is 111 Å². The van der Waals surface area contributed by atoms with Crippen molar-refractivity contribution in [2.75, 3.05) is 31.4 Å². The highest BCUT2D eigenvalue weighted by Gasteiger charge is 2.23. The lowest BCUT2D eigenvalue weighted by Crippen LogP contribution is -2.11. The summed E-state index contributed by atoms with van der Waals surface area (Å²) in [5.41, 5.74) is 1.45. The van der Waals surface area contributed by atoms with Crippen molar-refractivity contribution < 1.29 is 14.4 Å². The first-order valence-electron chi connectivity index (χ1n) is 8.98. The summed E-state index contributed by atoms with van der Waals surface area (Å²) in [6.07, 6.45) is 1.89. The first kappa shape index (κ1) is 21.3. The zero-order chi connectivity index (χ0) is 21.5. The lowest BCUT2D eigenvalue weighted by molar-refractivity contribution is -0.383. The number of ether oxygens (including phenoxy) is 2. The summed E-state index contributed by atoms with van der Waals surface area (Å²) < 4.78 is 11.4. The van der Waals surface area contributed by atoms with Crippen molar-refractivity contribution >= 4 is 38.9 Å². The Hall–Kier alpha value is -3.40. The molecule has 156 valence electrons. The second-order valence-electron chi connectivity index (χ2n) is 6.17. The van der Waals surface area contributed by atoms with Crippen LogP contribution in [-0.4, -0.2) is 35.7 Å². The van der Waals surface area contributed by atoms with Crippen LogP contribution in [0.2, 0.25) is 0 Å². The van der Waals surface area contributed by atoms with E-state index in [0.717, 1.165) is 10.0 Å². The van der Waals surface area contributed by atoms with Crippen molar-refractivity contribution in [3.8, 4) is 11.5 Å². The minimum atomic E-state index is -0.500. The Balaban J connectivity index is 1.74. The standard InChI is InChI=1S/C20H20BrN5O4/c1-29-16-8-3-13(11-17(16)30-2)9-10-22-19-18(26(27)28)20(24-12-23-19)25-15-6-4-14(21)5-7-15/h3-8,11-12H,9-10H2,1-2H3,(H2,22,23,24,25). The van der Waals surface area contributed by atoms with Crippen molar-refractivity contribution in [2.45, 2.75) is 6.42 Å². The molecule has 3 aromatic rings. The van der Waals surface area contributed by atoms with Crippen molar-refractivity contribution in [3.05, 3.63) is 68.9 Å². The van der Waals surface area contributed by atoms with Crippen molar-refractivity contribution in [2.24, 2.45) is 0 Å². The van der Waals surface area contributed by atoms with Gasteiger partial charge in [0.05, 0.1) is 19.1 Å². The molecule has 0 amide bonds. The van der Waals surface area contributed by atoms with Crippen molar-refractivity contribution in [1.29, 1.82) is 0 Å². The summed E-state index contributed by atoms with van der Waals surface area (Å²) in [7, 11) is 3.15. The largest absolute Gasteiger partial charge is 0.493 e. The number of methoxy groups -OCH3 is 2. The number of nitrogens with zero attached hydrogens (tertiary/aromatic N) is 3. The number of hydrogen-bond donors (Lipinski definition) is 2. The summed E-state index contributed by atoms with van der Waals surface area (Å²) in [5, 5.41) is 17.7. The molecule has 2 aromatic carbocycles. The fourth-order valence-electron chi connectivity index (χ4n) is 2.80. The van der Waals surface area contributed by atoms with Gasteiger partial charge in [0.15, 0.2) is 11.5 Å². The number of rotatable bonds is 9. The van der Waals surface area contributed by atoms with Crippen LogP contribution >= 0.6 is 15.9 Å².